The van der Waals surface area contributed by atoms with Crippen LogP contribution < -0.4 is 21.1 Å². The molecule has 0 saturated carbocycles. The summed E-state index contributed by atoms with van der Waals surface area (Å²) < 4.78 is 5.39. The number of unbranched alkanes of at least 4 members (excludes halogenated alkanes) is 2. The van der Waals surface area contributed by atoms with E-state index in [1.807, 2.05) is 18.2 Å². The number of guanidine groups is 1. The number of rotatable bonds is 15. The van der Waals surface area contributed by atoms with E-state index in [1.165, 1.54) is 0 Å². The van der Waals surface area contributed by atoms with Crippen molar-refractivity contribution in [3.63, 3.8) is 0 Å². The topological polar surface area (TPSA) is 106 Å². The number of hydrogen-bond acceptors (Lipinski definition) is 4. The molecule has 0 aliphatic heterocycles. The highest BCUT2D eigenvalue weighted by Crippen LogP contribution is 2.19. The smallest absolute Gasteiger partial charge is 0.257 e. The summed E-state index contributed by atoms with van der Waals surface area (Å²) in [6.45, 7) is 5.14. The van der Waals surface area contributed by atoms with E-state index in [0.29, 0.717) is 25.3 Å². The van der Waals surface area contributed by atoms with Gasteiger partial charge in [0.25, 0.3) is 5.91 Å². The molecule has 0 bridgehead atoms. The molecule has 0 fully saturated rings. The van der Waals surface area contributed by atoms with Crippen molar-refractivity contribution >= 4 is 18.2 Å². The van der Waals surface area contributed by atoms with Crippen molar-refractivity contribution in [3.05, 3.63) is 30.3 Å². The molecular weight excluding hydrogens is 368 g/mol. The van der Waals surface area contributed by atoms with Gasteiger partial charge in [-0.1, -0.05) is 57.7 Å². The van der Waals surface area contributed by atoms with Crippen molar-refractivity contribution in [2.75, 3.05) is 19.7 Å². The van der Waals surface area contributed by atoms with E-state index >= 15 is 0 Å². The van der Waals surface area contributed by atoms with E-state index < -0.39 is 5.54 Å². The lowest BCUT2D eigenvalue weighted by molar-refractivity contribution is -0.123. The molecule has 1 amide bonds. The molecule has 1 rings (SSSR count). The maximum absolute atomic E-state index is 11.8. The van der Waals surface area contributed by atoms with Crippen LogP contribution in [0.4, 0.5) is 0 Å². The number of aldehydes is 1. The maximum atomic E-state index is 11.8. The van der Waals surface area contributed by atoms with Crippen molar-refractivity contribution in [1.29, 1.82) is 0 Å². The number of amides is 1. The summed E-state index contributed by atoms with van der Waals surface area (Å²) in [6, 6.07) is 9.21. The SMILES string of the molecule is CCCCC(C=O)(CCCC)NC(N)=NCCCNC(=O)COc1ccccc1. The zero-order valence-electron chi connectivity index (χ0n) is 17.8. The molecule has 7 nitrogen and oxygen atoms in total. The van der Waals surface area contributed by atoms with E-state index in [0.717, 1.165) is 44.8 Å². The van der Waals surface area contributed by atoms with Crippen LogP contribution >= 0.6 is 0 Å². The van der Waals surface area contributed by atoms with Crippen molar-refractivity contribution in [1.82, 2.24) is 10.6 Å². The normalized spacial score (nSPS) is 11.7. The minimum absolute atomic E-state index is 0.0202. The fourth-order valence-electron chi connectivity index (χ4n) is 2.90. The Kier molecular flexibility index (Phi) is 12.2. The third-order valence-electron chi connectivity index (χ3n) is 4.61. The van der Waals surface area contributed by atoms with Gasteiger partial charge in [0.1, 0.15) is 12.0 Å². The average molecular weight is 405 g/mol. The number of carbonyl (C=O) groups excluding carboxylic acids is 2. The van der Waals surface area contributed by atoms with Crippen LogP contribution in [0.15, 0.2) is 35.3 Å². The van der Waals surface area contributed by atoms with Crippen LogP contribution in [0.3, 0.4) is 0 Å². The zero-order chi connectivity index (χ0) is 21.4. The molecule has 162 valence electrons. The first kappa shape index (κ1) is 24.5. The quantitative estimate of drug-likeness (QED) is 0.180. The van der Waals surface area contributed by atoms with Crippen LogP contribution in [0.25, 0.3) is 0 Å². The van der Waals surface area contributed by atoms with Crippen LogP contribution in [0, 0.1) is 0 Å². The van der Waals surface area contributed by atoms with Crippen LogP contribution in [0.2, 0.25) is 0 Å². The molecule has 0 atom stereocenters. The summed E-state index contributed by atoms with van der Waals surface area (Å²) >= 11 is 0. The average Bonchev–Trinajstić information content (AvgIpc) is 2.74. The fraction of sp³-hybridized carbons (Fsp3) is 0.591. The lowest BCUT2D eigenvalue weighted by atomic mass is 9.88. The van der Waals surface area contributed by atoms with Gasteiger partial charge in [0.05, 0.1) is 5.54 Å². The minimum Gasteiger partial charge on any atom is -0.484 e. The molecule has 29 heavy (non-hydrogen) atoms. The second-order valence-electron chi connectivity index (χ2n) is 7.18. The number of nitrogens with zero attached hydrogens (tertiary/aromatic N) is 1. The van der Waals surface area contributed by atoms with Gasteiger partial charge < -0.3 is 25.9 Å². The van der Waals surface area contributed by atoms with Gasteiger partial charge in [-0.2, -0.15) is 0 Å². The van der Waals surface area contributed by atoms with Crippen LogP contribution in [0.1, 0.15) is 58.8 Å². The predicted octanol–water partition coefficient (Wildman–Crippen LogP) is 2.79. The highest BCUT2D eigenvalue weighted by atomic mass is 16.5. The second-order valence-corrected chi connectivity index (χ2v) is 7.18. The summed E-state index contributed by atoms with van der Waals surface area (Å²) in [5.74, 6) is 0.766. The summed E-state index contributed by atoms with van der Waals surface area (Å²) in [5.41, 5.74) is 5.37. The number of ether oxygens (including phenoxy) is 1. The molecule has 0 aliphatic carbocycles. The molecule has 4 N–H and O–H groups in total. The molecule has 0 radical (unpaired) electrons. The van der Waals surface area contributed by atoms with Crippen molar-refractivity contribution in [2.45, 2.75) is 64.3 Å². The molecule has 0 aliphatic rings. The predicted molar refractivity (Wildman–Crippen MR) is 117 cm³/mol. The molecule has 0 saturated heterocycles. The van der Waals surface area contributed by atoms with Crippen LogP contribution in [-0.4, -0.2) is 43.4 Å². The van der Waals surface area contributed by atoms with Gasteiger partial charge in [-0.05, 0) is 31.4 Å². The second kappa shape index (κ2) is 14.4. The highest BCUT2D eigenvalue weighted by Gasteiger charge is 2.28. The molecule has 0 spiro atoms. The number of nitrogens with two attached hydrogens (primary N) is 1. The Morgan fingerprint density at radius 1 is 1.14 bits per heavy atom. The molecule has 1 aromatic carbocycles. The van der Waals surface area contributed by atoms with E-state index in [9.17, 15) is 9.59 Å². The first-order valence-corrected chi connectivity index (χ1v) is 10.5. The molecule has 7 heteroatoms. The van der Waals surface area contributed by atoms with Crippen molar-refractivity contribution in [3.8, 4) is 5.75 Å². The Morgan fingerprint density at radius 2 is 1.79 bits per heavy atom. The molecule has 1 aromatic rings. The third-order valence-corrected chi connectivity index (χ3v) is 4.61. The Bertz CT molecular complexity index is 612. The first-order valence-electron chi connectivity index (χ1n) is 10.5. The van der Waals surface area contributed by atoms with Crippen LogP contribution in [-0.2, 0) is 9.59 Å². The Labute approximate surface area is 174 Å². The minimum atomic E-state index is -0.636. The monoisotopic (exact) mass is 404 g/mol. The van der Waals surface area contributed by atoms with Gasteiger partial charge in [0.15, 0.2) is 12.6 Å². The largest absolute Gasteiger partial charge is 0.484 e. The number of nitrogens with one attached hydrogen (secondary N) is 2. The highest BCUT2D eigenvalue weighted by molar-refractivity contribution is 5.83. The fourth-order valence-corrected chi connectivity index (χ4v) is 2.90. The van der Waals surface area contributed by atoms with Gasteiger partial charge in [0.2, 0.25) is 0 Å². The van der Waals surface area contributed by atoms with Gasteiger partial charge in [-0.15, -0.1) is 0 Å². The lowest BCUT2D eigenvalue weighted by Crippen LogP contribution is -2.52. The Morgan fingerprint density at radius 3 is 2.38 bits per heavy atom. The molecule has 0 heterocycles. The van der Waals surface area contributed by atoms with E-state index in [2.05, 4.69) is 29.5 Å². The molecular formula is C22H36N4O3. The number of para-hydroxylation sites is 1. The Hall–Kier alpha value is -2.57. The summed E-state index contributed by atoms with van der Waals surface area (Å²) in [7, 11) is 0. The third kappa shape index (κ3) is 10.5. The number of hydrogen-bond donors (Lipinski definition) is 3. The maximum Gasteiger partial charge on any atom is 0.257 e. The van der Waals surface area contributed by atoms with Gasteiger partial charge in [-0.25, -0.2) is 0 Å². The summed E-state index contributed by atoms with van der Waals surface area (Å²) in [6.07, 6.45) is 7.09. The summed E-state index contributed by atoms with van der Waals surface area (Å²) in [4.78, 5) is 27.9. The van der Waals surface area contributed by atoms with E-state index in [1.54, 1.807) is 12.1 Å². The van der Waals surface area contributed by atoms with E-state index in [4.69, 9.17) is 10.5 Å². The first-order chi connectivity index (χ1) is 14.0. The van der Waals surface area contributed by atoms with Crippen molar-refractivity contribution < 1.29 is 14.3 Å². The number of aliphatic imine (C=N–C) groups is 1. The van der Waals surface area contributed by atoms with Gasteiger partial charge in [0, 0.05) is 13.1 Å². The van der Waals surface area contributed by atoms with E-state index in [-0.39, 0.29) is 18.5 Å². The number of benzene rings is 1. The number of carbonyl (C=O) groups is 2. The van der Waals surface area contributed by atoms with Crippen molar-refractivity contribution in [2.24, 2.45) is 10.7 Å². The molecule has 0 aromatic heterocycles. The molecule has 0 unspecified atom stereocenters. The Balaban J connectivity index is 2.33. The van der Waals surface area contributed by atoms with Crippen LogP contribution in [0.5, 0.6) is 5.75 Å². The van der Waals surface area contributed by atoms with Gasteiger partial charge in [-0.3, -0.25) is 9.79 Å². The summed E-state index contributed by atoms with van der Waals surface area (Å²) in [5, 5.41) is 5.93. The van der Waals surface area contributed by atoms with Gasteiger partial charge >= 0.3 is 0 Å². The lowest BCUT2D eigenvalue weighted by Gasteiger charge is -2.30. The zero-order valence-corrected chi connectivity index (χ0v) is 17.8. The standard InChI is InChI=1S/C22H36N4O3/c1-3-5-13-22(18-27,14-6-4-2)26-21(23)25-16-10-15-24-20(28)17-29-19-11-8-7-9-12-19/h7-9,11-12,18H,3-6,10,13-17H2,1-2H3,(H,24,28)(H3,23,25,26).